The topological polar surface area (TPSA) is 49.0 Å². The Morgan fingerprint density at radius 1 is 1.23 bits per heavy atom. The summed E-state index contributed by atoms with van der Waals surface area (Å²) in [7, 11) is 0. The van der Waals surface area contributed by atoms with Crippen molar-refractivity contribution in [2.24, 2.45) is 23.2 Å². The number of fused-ring (bicyclic) bond motifs is 1. The number of piperidine rings is 1. The maximum absolute atomic E-state index is 13.3. The van der Waals surface area contributed by atoms with E-state index in [0.717, 1.165) is 49.2 Å². The monoisotopic (exact) mass is 347 g/mol. The van der Waals surface area contributed by atoms with Gasteiger partial charge in [-0.05, 0) is 61.5 Å². The van der Waals surface area contributed by atoms with Crippen LogP contribution in [0.4, 0.5) is 0 Å². The average Bonchev–Trinajstić information content (AvgIpc) is 3.13. The lowest BCUT2D eigenvalue weighted by molar-refractivity contribution is -0.137. The average molecular weight is 347 g/mol. The van der Waals surface area contributed by atoms with Crippen LogP contribution in [0.1, 0.15) is 43.8 Å². The van der Waals surface area contributed by atoms with Crippen LogP contribution in [0.15, 0.2) is 36.4 Å². The lowest BCUT2D eigenvalue weighted by Gasteiger charge is -2.35. The zero-order chi connectivity index (χ0) is 17.3. The quantitative estimate of drug-likeness (QED) is 0.839. The first kappa shape index (κ1) is 15.0. The second-order valence-electron chi connectivity index (χ2n) is 8.86. The summed E-state index contributed by atoms with van der Waals surface area (Å²) in [5, 5.41) is 0. The van der Waals surface area contributed by atoms with Gasteiger partial charge in [0.1, 0.15) is 5.82 Å². The van der Waals surface area contributed by atoms with Crippen LogP contribution in [0.5, 0.6) is 0 Å². The summed E-state index contributed by atoms with van der Waals surface area (Å²) in [6.45, 7) is 1.74. The molecule has 2 heterocycles. The largest absolute Gasteiger partial charge is 0.342 e. The Labute approximate surface area is 153 Å². The molecule has 1 aromatic carbocycles. The van der Waals surface area contributed by atoms with Crippen LogP contribution in [0.2, 0.25) is 0 Å². The number of aromatic nitrogens is 2. The Morgan fingerprint density at radius 3 is 2.92 bits per heavy atom. The summed E-state index contributed by atoms with van der Waals surface area (Å²) in [6.07, 6.45) is 10.7. The Kier molecular flexibility index (Phi) is 3.01. The first-order valence-electron chi connectivity index (χ1n) is 10.2. The van der Waals surface area contributed by atoms with Gasteiger partial charge in [0.2, 0.25) is 5.91 Å². The third kappa shape index (κ3) is 2.02. The third-order valence-electron chi connectivity index (χ3n) is 7.57. The number of nitrogens with zero attached hydrogens (tertiary/aromatic N) is 2. The van der Waals surface area contributed by atoms with Gasteiger partial charge in [0.25, 0.3) is 0 Å². The molecule has 1 saturated heterocycles. The lowest BCUT2D eigenvalue weighted by Crippen LogP contribution is -2.43. The number of amides is 1. The van der Waals surface area contributed by atoms with E-state index in [1.807, 2.05) is 12.1 Å². The van der Waals surface area contributed by atoms with Gasteiger partial charge in [-0.1, -0.05) is 24.3 Å². The maximum Gasteiger partial charge on any atom is 0.226 e. The highest BCUT2D eigenvalue weighted by atomic mass is 16.2. The standard InChI is InChI=1S/C22H25N3O/c26-21(16-12-15-7-8-17(16)22(15)9-10-22)25-11-3-4-14(13-25)20-23-18-5-1-2-6-19(18)24-20/h1-2,5-8,14-17H,3-4,9-13H2,(H,23,24)/t14-,15-,16+,17-/m1/s1. The zero-order valence-corrected chi connectivity index (χ0v) is 15.0. The number of imidazole rings is 1. The summed E-state index contributed by atoms with van der Waals surface area (Å²) in [5.74, 6) is 3.24. The number of benzene rings is 1. The molecule has 1 spiro atoms. The minimum absolute atomic E-state index is 0.238. The minimum atomic E-state index is 0.238. The molecule has 0 unspecified atom stereocenters. The van der Waals surface area contributed by atoms with Gasteiger partial charge in [-0.3, -0.25) is 4.79 Å². The van der Waals surface area contributed by atoms with Crippen molar-refractivity contribution in [3.8, 4) is 0 Å². The molecule has 26 heavy (non-hydrogen) atoms. The smallest absolute Gasteiger partial charge is 0.226 e. The van der Waals surface area contributed by atoms with Gasteiger partial charge in [0, 0.05) is 24.9 Å². The van der Waals surface area contributed by atoms with Crippen LogP contribution in [0, 0.1) is 23.2 Å². The fourth-order valence-electron chi connectivity index (χ4n) is 6.06. The summed E-state index contributed by atoms with van der Waals surface area (Å²) in [5.41, 5.74) is 2.62. The zero-order valence-electron chi connectivity index (χ0n) is 15.0. The van der Waals surface area contributed by atoms with Crippen molar-refractivity contribution in [2.75, 3.05) is 13.1 Å². The van der Waals surface area contributed by atoms with Gasteiger partial charge in [0.15, 0.2) is 0 Å². The Balaban J connectivity index is 1.22. The molecule has 1 aliphatic heterocycles. The lowest BCUT2D eigenvalue weighted by atomic mass is 9.87. The number of hydrogen-bond donors (Lipinski definition) is 1. The predicted octanol–water partition coefficient (Wildman–Crippen LogP) is 3.87. The summed E-state index contributed by atoms with van der Waals surface area (Å²) in [4.78, 5) is 23.7. The fraction of sp³-hybridized carbons (Fsp3) is 0.545. The molecule has 4 aliphatic rings. The number of hydrogen-bond acceptors (Lipinski definition) is 2. The molecule has 2 bridgehead atoms. The van der Waals surface area contributed by atoms with Crippen molar-refractivity contribution < 1.29 is 4.79 Å². The molecule has 1 N–H and O–H groups in total. The number of H-pyrrole nitrogens is 1. The van der Waals surface area contributed by atoms with E-state index in [1.54, 1.807) is 0 Å². The van der Waals surface area contributed by atoms with Crippen molar-refractivity contribution in [2.45, 2.75) is 38.0 Å². The highest BCUT2D eigenvalue weighted by Gasteiger charge is 2.64. The number of aromatic amines is 1. The summed E-state index contributed by atoms with van der Waals surface area (Å²) >= 11 is 0. The van der Waals surface area contributed by atoms with Crippen molar-refractivity contribution in [1.82, 2.24) is 14.9 Å². The fourth-order valence-corrected chi connectivity index (χ4v) is 6.06. The number of carbonyl (C=O) groups excluding carboxylic acids is 1. The van der Waals surface area contributed by atoms with Crippen LogP contribution < -0.4 is 0 Å². The molecule has 6 rings (SSSR count). The van der Waals surface area contributed by atoms with Crippen LogP contribution in [0.25, 0.3) is 11.0 Å². The molecule has 2 saturated carbocycles. The molecule has 4 atom stereocenters. The van der Waals surface area contributed by atoms with Crippen molar-refractivity contribution in [1.29, 1.82) is 0 Å². The molecule has 4 heteroatoms. The Bertz CT molecular complexity index is 876. The maximum atomic E-state index is 13.3. The Hall–Kier alpha value is -2.10. The molecular formula is C22H25N3O. The number of nitrogens with one attached hydrogen (secondary N) is 1. The molecule has 3 aliphatic carbocycles. The molecule has 134 valence electrons. The first-order chi connectivity index (χ1) is 12.7. The van der Waals surface area contributed by atoms with E-state index in [-0.39, 0.29) is 5.92 Å². The SMILES string of the molecule is O=C([C@H]1C[C@H]2C=C[C@H]1C21CC1)N1CCC[C@@H](c2nc3ccccc3[nH]2)C1. The second kappa shape index (κ2) is 5.21. The van der Waals surface area contributed by atoms with Crippen molar-refractivity contribution >= 4 is 16.9 Å². The van der Waals surface area contributed by atoms with Gasteiger partial charge < -0.3 is 9.88 Å². The highest BCUT2D eigenvalue weighted by Crippen LogP contribution is 2.70. The van der Waals surface area contributed by atoms with Gasteiger partial charge in [-0.25, -0.2) is 4.98 Å². The van der Waals surface area contributed by atoms with E-state index in [9.17, 15) is 4.79 Å². The van der Waals surface area contributed by atoms with Crippen molar-refractivity contribution in [3.63, 3.8) is 0 Å². The van der Waals surface area contributed by atoms with E-state index in [2.05, 4.69) is 34.2 Å². The molecule has 1 aromatic heterocycles. The Morgan fingerprint density at radius 2 is 2.12 bits per heavy atom. The number of likely N-dealkylation sites (tertiary alicyclic amines) is 1. The van der Waals surface area contributed by atoms with E-state index in [1.165, 1.54) is 12.8 Å². The highest BCUT2D eigenvalue weighted by molar-refractivity contribution is 5.81. The molecule has 3 fully saturated rings. The van der Waals surface area contributed by atoms with Gasteiger partial charge in [-0.2, -0.15) is 0 Å². The van der Waals surface area contributed by atoms with Gasteiger partial charge in [-0.15, -0.1) is 0 Å². The summed E-state index contributed by atoms with van der Waals surface area (Å²) < 4.78 is 0. The second-order valence-corrected chi connectivity index (χ2v) is 8.86. The molecule has 4 nitrogen and oxygen atoms in total. The molecule has 2 aromatic rings. The normalized spacial score (nSPS) is 34.1. The number of allylic oxidation sites excluding steroid dienone is 2. The number of carbonyl (C=O) groups is 1. The number of para-hydroxylation sites is 2. The molecule has 1 amide bonds. The van der Waals surface area contributed by atoms with Crippen LogP contribution in [0.3, 0.4) is 0 Å². The third-order valence-corrected chi connectivity index (χ3v) is 7.57. The van der Waals surface area contributed by atoms with E-state index in [0.29, 0.717) is 29.1 Å². The van der Waals surface area contributed by atoms with Crippen LogP contribution >= 0.6 is 0 Å². The van der Waals surface area contributed by atoms with Crippen LogP contribution in [-0.4, -0.2) is 33.9 Å². The predicted molar refractivity (Wildman–Crippen MR) is 101 cm³/mol. The molecular weight excluding hydrogens is 322 g/mol. The van der Waals surface area contributed by atoms with Crippen LogP contribution in [-0.2, 0) is 4.79 Å². The minimum Gasteiger partial charge on any atom is -0.342 e. The number of rotatable bonds is 2. The summed E-state index contributed by atoms with van der Waals surface area (Å²) in [6, 6.07) is 8.20. The van der Waals surface area contributed by atoms with E-state index >= 15 is 0 Å². The van der Waals surface area contributed by atoms with E-state index in [4.69, 9.17) is 4.98 Å². The first-order valence-corrected chi connectivity index (χ1v) is 10.2. The van der Waals surface area contributed by atoms with Gasteiger partial charge >= 0.3 is 0 Å². The van der Waals surface area contributed by atoms with Gasteiger partial charge in [0.05, 0.1) is 11.0 Å². The van der Waals surface area contributed by atoms with E-state index < -0.39 is 0 Å². The molecule has 0 radical (unpaired) electrons. The van der Waals surface area contributed by atoms with Crippen molar-refractivity contribution in [3.05, 3.63) is 42.2 Å².